The van der Waals surface area contributed by atoms with Gasteiger partial charge in [0.15, 0.2) is 0 Å². The summed E-state index contributed by atoms with van der Waals surface area (Å²) < 4.78 is 14.4. The Kier molecular flexibility index (Phi) is 4.69. The molecule has 3 heterocycles. The van der Waals surface area contributed by atoms with E-state index in [2.05, 4.69) is 15.3 Å². The standard InChI is InChI=1S/C20H25FN4O/c1-6-25-11-15-13(19(25)26)7-8-22-18(15)24-12(2)14-9-17(20(3,4)5)23-10-16(14)21/h7-10,12H,6,11H2,1-5H3,(H,22,24)/t12-/m0/s1. The van der Waals surface area contributed by atoms with Gasteiger partial charge in [0.1, 0.15) is 11.6 Å². The molecule has 5 nitrogen and oxygen atoms in total. The molecule has 1 amide bonds. The van der Waals surface area contributed by atoms with Crippen molar-refractivity contribution in [3.05, 3.63) is 52.7 Å². The summed E-state index contributed by atoms with van der Waals surface area (Å²) in [6.07, 6.45) is 2.90. The Balaban J connectivity index is 1.91. The number of carbonyl (C=O) groups is 1. The highest BCUT2D eigenvalue weighted by Gasteiger charge is 2.29. The van der Waals surface area contributed by atoms with Gasteiger partial charge in [-0.25, -0.2) is 9.37 Å². The topological polar surface area (TPSA) is 58.1 Å². The van der Waals surface area contributed by atoms with Gasteiger partial charge in [-0.3, -0.25) is 9.78 Å². The van der Waals surface area contributed by atoms with Crippen molar-refractivity contribution < 1.29 is 9.18 Å². The Hall–Kier alpha value is -2.50. The maximum absolute atomic E-state index is 14.4. The number of hydrogen-bond acceptors (Lipinski definition) is 4. The van der Waals surface area contributed by atoms with Gasteiger partial charge in [-0.15, -0.1) is 0 Å². The number of halogens is 1. The van der Waals surface area contributed by atoms with Crippen molar-refractivity contribution in [3.63, 3.8) is 0 Å². The van der Waals surface area contributed by atoms with E-state index >= 15 is 0 Å². The van der Waals surface area contributed by atoms with Crippen LogP contribution in [0, 0.1) is 5.82 Å². The fourth-order valence-corrected chi connectivity index (χ4v) is 3.14. The molecule has 0 saturated heterocycles. The van der Waals surface area contributed by atoms with Gasteiger partial charge in [-0.2, -0.15) is 0 Å². The highest BCUT2D eigenvalue weighted by molar-refractivity contribution is 5.99. The zero-order valence-corrected chi connectivity index (χ0v) is 15.9. The lowest BCUT2D eigenvalue weighted by molar-refractivity contribution is 0.0787. The number of rotatable bonds is 4. The van der Waals surface area contributed by atoms with Crippen LogP contribution >= 0.6 is 0 Å². The lowest BCUT2D eigenvalue weighted by Gasteiger charge is -2.22. The first kappa shape index (κ1) is 18.3. The Bertz CT molecular complexity index is 844. The van der Waals surface area contributed by atoms with Crippen molar-refractivity contribution in [1.82, 2.24) is 14.9 Å². The fraction of sp³-hybridized carbons (Fsp3) is 0.450. The van der Waals surface area contributed by atoms with E-state index in [0.29, 0.717) is 30.0 Å². The molecule has 2 aromatic heterocycles. The van der Waals surface area contributed by atoms with Gasteiger partial charge in [0.25, 0.3) is 5.91 Å². The summed E-state index contributed by atoms with van der Waals surface area (Å²) in [5.74, 6) is 0.301. The van der Waals surface area contributed by atoms with E-state index in [4.69, 9.17) is 0 Å². The zero-order valence-electron chi connectivity index (χ0n) is 15.9. The molecule has 0 aliphatic carbocycles. The molecule has 1 N–H and O–H groups in total. The monoisotopic (exact) mass is 356 g/mol. The van der Waals surface area contributed by atoms with Gasteiger partial charge < -0.3 is 10.2 Å². The molecule has 1 aliphatic rings. The van der Waals surface area contributed by atoms with Crippen molar-refractivity contribution in [1.29, 1.82) is 0 Å². The first-order valence-electron chi connectivity index (χ1n) is 8.92. The van der Waals surface area contributed by atoms with Gasteiger partial charge in [0.2, 0.25) is 0 Å². The second-order valence-electron chi connectivity index (χ2n) is 7.71. The summed E-state index contributed by atoms with van der Waals surface area (Å²) in [5, 5.41) is 3.29. The van der Waals surface area contributed by atoms with Crippen LogP contribution < -0.4 is 5.32 Å². The maximum atomic E-state index is 14.4. The molecule has 0 bridgehead atoms. The third-order valence-corrected chi connectivity index (χ3v) is 4.78. The van der Waals surface area contributed by atoms with Gasteiger partial charge in [0.05, 0.1) is 18.8 Å². The summed E-state index contributed by atoms with van der Waals surface area (Å²) in [6.45, 7) is 11.2. The molecule has 1 aliphatic heterocycles. The SMILES string of the molecule is CCN1Cc2c(ccnc2N[C@@H](C)c2cc(C(C)(C)C)ncc2F)C1=O. The first-order chi connectivity index (χ1) is 12.2. The molecule has 0 radical (unpaired) electrons. The largest absolute Gasteiger partial charge is 0.363 e. The van der Waals surface area contributed by atoms with E-state index in [1.807, 2.05) is 34.6 Å². The summed E-state index contributed by atoms with van der Waals surface area (Å²) in [4.78, 5) is 22.7. The van der Waals surface area contributed by atoms with Crippen molar-refractivity contribution in [2.45, 2.75) is 52.6 Å². The van der Waals surface area contributed by atoms with E-state index in [1.54, 1.807) is 23.2 Å². The number of anilines is 1. The minimum atomic E-state index is -0.350. The van der Waals surface area contributed by atoms with Crippen molar-refractivity contribution in [2.24, 2.45) is 0 Å². The molecule has 138 valence electrons. The van der Waals surface area contributed by atoms with Crippen LogP contribution in [0.4, 0.5) is 10.2 Å². The number of pyridine rings is 2. The van der Waals surface area contributed by atoms with Gasteiger partial charge in [-0.05, 0) is 26.0 Å². The van der Waals surface area contributed by atoms with Crippen LogP contribution in [0.15, 0.2) is 24.5 Å². The molecule has 0 fully saturated rings. The van der Waals surface area contributed by atoms with Crippen molar-refractivity contribution in [3.8, 4) is 0 Å². The molecule has 0 spiro atoms. The van der Waals surface area contributed by atoms with Gasteiger partial charge in [0, 0.05) is 40.5 Å². The summed E-state index contributed by atoms with van der Waals surface area (Å²) in [6, 6.07) is 3.25. The molecule has 6 heteroatoms. The van der Waals surface area contributed by atoms with E-state index in [0.717, 1.165) is 11.3 Å². The number of hydrogen-bond donors (Lipinski definition) is 1. The fourth-order valence-electron chi connectivity index (χ4n) is 3.14. The highest BCUT2D eigenvalue weighted by atomic mass is 19.1. The Morgan fingerprint density at radius 1 is 1.35 bits per heavy atom. The van der Waals surface area contributed by atoms with E-state index in [-0.39, 0.29) is 23.2 Å². The lowest BCUT2D eigenvalue weighted by Crippen LogP contribution is -2.23. The molecular weight excluding hydrogens is 331 g/mol. The quantitative estimate of drug-likeness (QED) is 0.897. The first-order valence-corrected chi connectivity index (χ1v) is 8.92. The second kappa shape index (κ2) is 6.67. The van der Waals surface area contributed by atoms with Crippen LogP contribution in [0.3, 0.4) is 0 Å². The molecule has 3 rings (SSSR count). The Labute approximate surface area is 153 Å². The van der Waals surface area contributed by atoms with Crippen LogP contribution in [0.5, 0.6) is 0 Å². The van der Waals surface area contributed by atoms with Crippen LogP contribution in [0.1, 0.15) is 67.8 Å². The average Bonchev–Trinajstić information content (AvgIpc) is 2.91. The number of carbonyl (C=O) groups excluding carboxylic acids is 1. The second-order valence-corrected chi connectivity index (χ2v) is 7.71. The molecule has 0 aromatic carbocycles. The maximum Gasteiger partial charge on any atom is 0.254 e. The van der Waals surface area contributed by atoms with Crippen LogP contribution in [-0.2, 0) is 12.0 Å². The summed E-state index contributed by atoms with van der Waals surface area (Å²) in [5.41, 5.74) is 2.75. The zero-order chi connectivity index (χ0) is 19.1. The predicted molar refractivity (Wildman–Crippen MR) is 99.6 cm³/mol. The van der Waals surface area contributed by atoms with Crippen LogP contribution in [0.25, 0.3) is 0 Å². The smallest absolute Gasteiger partial charge is 0.254 e. The lowest BCUT2D eigenvalue weighted by atomic mass is 9.90. The predicted octanol–water partition coefficient (Wildman–Crippen LogP) is 4.06. The summed E-state index contributed by atoms with van der Waals surface area (Å²) >= 11 is 0. The number of aromatic nitrogens is 2. The third-order valence-electron chi connectivity index (χ3n) is 4.78. The highest BCUT2D eigenvalue weighted by Crippen LogP contribution is 2.31. The number of nitrogens with one attached hydrogen (secondary N) is 1. The van der Waals surface area contributed by atoms with Crippen LogP contribution in [0.2, 0.25) is 0 Å². The molecule has 1 atom stereocenters. The molecule has 0 saturated carbocycles. The van der Waals surface area contributed by atoms with E-state index in [1.165, 1.54) is 6.20 Å². The molecular formula is C20H25FN4O. The van der Waals surface area contributed by atoms with E-state index in [9.17, 15) is 9.18 Å². The number of fused-ring (bicyclic) bond motifs is 1. The minimum Gasteiger partial charge on any atom is -0.363 e. The minimum absolute atomic E-state index is 0.0192. The third kappa shape index (κ3) is 3.28. The molecule has 0 unspecified atom stereocenters. The molecule has 2 aromatic rings. The normalized spacial score (nSPS) is 15.2. The average molecular weight is 356 g/mol. The van der Waals surface area contributed by atoms with Gasteiger partial charge >= 0.3 is 0 Å². The molecule has 26 heavy (non-hydrogen) atoms. The van der Waals surface area contributed by atoms with Crippen molar-refractivity contribution >= 4 is 11.7 Å². The summed E-state index contributed by atoms with van der Waals surface area (Å²) in [7, 11) is 0. The Morgan fingerprint density at radius 3 is 2.73 bits per heavy atom. The Morgan fingerprint density at radius 2 is 2.08 bits per heavy atom. The number of nitrogens with zero attached hydrogens (tertiary/aromatic N) is 3. The van der Waals surface area contributed by atoms with Crippen molar-refractivity contribution in [2.75, 3.05) is 11.9 Å². The van der Waals surface area contributed by atoms with E-state index < -0.39 is 0 Å². The number of amides is 1. The van der Waals surface area contributed by atoms with Crippen LogP contribution in [-0.4, -0.2) is 27.3 Å². The van der Waals surface area contributed by atoms with Gasteiger partial charge in [-0.1, -0.05) is 20.8 Å².